The molecule has 4 heterocycles. The van der Waals surface area contributed by atoms with Gasteiger partial charge in [-0.1, -0.05) is 18.9 Å². The minimum absolute atomic E-state index is 0.00131. The lowest BCUT2D eigenvalue weighted by atomic mass is 9.85. The van der Waals surface area contributed by atoms with E-state index < -0.39 is 0 Å². The van der Waals surface area contributed by atoms with Crippen molar-refractivity contribution in [3.63, 3.8) is 0 Å². The third kappa shape index (κ3) is 5.49. The number of aromatic nitrogens is 2. The maximum atomic E-state index is 12.4. The number of hydrogen-bond donors (Lipinski definition) is 1. The summed E-state index contributed by atoms with van der Waals surface area (Å²) in [4.78, 5) is 25.5. The Morgan fingerprint density at radius 1 is 1.00 bits per heavy atom. The smallest absolute Gasteiger partial charge is 0.321 e. The number of nitrogens with zero attached hydrogens (tertiary/aromatic N) is 4. The van der Waals surface area contributed by atoms with E-state index in [-0.39, 0.29) is 6.03 Å². The van der Waals surface area contributed by atoms with Crippen LogP contribution in [0.5, 0.6) is 0 Å². The molecule has 160 valence electrons. The van der Waals surface area contributed by atoms with Crippen LogP contribution < -0.4 is 10.2 Å². The molecule has 4 rings (SSSR count). The zero-order chi connectivity index (χ0) is 20.8. The van der Waals surface area contributed by atoms with E-state index >= 15 is 0 Å². The first-order valence-electron chi connectivity index (χ1n) is 11.3. The van der Waals surface area contributed by atoms with Gasteiger partial charge < -0.3 is 15.1 Å². The first-order valence-corrected chi connectivity index (χ1v) is 11.3. The van der Waals surface area contributed by atoms with Gasteiger partial charge in [-0.05, 0) is 68.7 Å². The number of amides is 2. The second-order valence-corrected chi connectivity index (χ2v) is 8.75. The average Bonchev–Trinajstić information content (AvgIpc) is 2.79. The number of urea groups is 1. The number of pyridine rings is 2. The Hall–Kier alpha value is -2.63. The van der Waals surface area contributed by atoms with Gasteiger partial charge in [0.15, 0.2) is 0 Å². The van der Waals surface area contributed by atoms with Crippen molar-refractivity contribution in [3.05, 3.63) is 48.4 Å². The first kappa shape index (κ1) is 20.6. The Balaban J connectivity index is 1.15. The van der Waals surface area contributed by atoms with Gasteiger partial charge >= 0.3 is 6.03 Å². The molecule has 0 atom stereocenters. The molecule has 2 aromatic heterocycles. The summed E-state index contributed by atoms with van der Waals surface area (Å²) < 4.78 is 0. The molecule has 2 aliphatic rings. The van der Waals surface area contributed by atoms with Crippen molar-refractivity contribution >= 4 is 17.5 Å². The molecule has 0 saturated carbocycles. The van der Waals surface area contributed by atoms with Crippen LogP contribution in [0.3, 0.4) is 0 Å². The number of piperidine rings is 2. The van der Waals surface area contributed by atoms with Crippen molar-refractivity contribution in [1.82, 2.24) is 14.9 Å². The summed E-state index contributed by atoms with van der Waals surface area (Å²) in [6.07, 6.45) is 10.8. The molecule has 2 fully saturated rings. The summed E-state index contributed by atoms with van der Waals surface area (Å²) in [5.41, 5.74) is 1.85. The topological polar surface area (TPSA) is 61.4 Å². The first-order chi connectivity index (χ1) is 14.7. The molecular formula is C24H33N5O. The standard InChI is InChI=1S/C24H33N5O/c1-19-4-2-6-23(26-19)28-14-9-20(10-15-28)7-8-21-11-16-29(17-12-21)24(30)27-22-5-3-13-25-18-22/h2-6,13,18,20-21H,7-12,14-17H2,1H3,(H,27,30). The van der Waals surface area contributed by atoms with Crippen LogP contribution in [0.4, 0.5) is 16.3 Å². The fraction of sp³-hybridized carbons (Fsp3) is 0.542. The van der Waals surface area contributed by atoms with E-state index in [4.69, 9.17) is 0 Å². The molecule has 30 heavy (non-hydrogen) atoms. The van der Waals surface area contributed by atoms with Gasteiger partial charge in [0.2, 0.25) is 0 Å². The van der Waals surface area contributed by atoms with Gasteiger partial charge in [0, 0.05) is 38.1 Å². The highest BCUT2D eigenvalue weighted by atomic mass is 16.2. The molecule has 0 bridgehead atoms. The Morgan fingerprint density at radius 2 is 1.70 bits per heavy atom. The maximum Gasteiger partial charge on any atom is 0.321 e. The zero-order valence-corrected chi connectivity index (χ0v) is 18.0. The summed E-state index contributed by atoms with van der Waals surface area (Å²) >= 11 is 0. The van der Waals surface area contributed by atoms with Gasteiger partial charge in [-0.25, -0.2) is 9.78 Å². The lowest BCUT2D eigenvalue weighted by Crippen LogP contribution is -2.41. The second kappa shape index (κ2) is 9.92. The van der Waals surface area contributed by atoms with Crippen LogP contribution in [0.2, 0.25) is 0 Å². The van der Waals surface area contributed by atoms with E-state index in [1.807, 2.05) is 17.0 Å². The number of carbonyl (C=O) groups excluding carboxylic acids is 1. The number of nitrogens with one attached hydrogen (secondary N) is 1. The van der Waals surface area contributed by atoms with Crippen LogP contribution in [0.15, 0.2) is 42.7 Å². The summed E-state index contributed by atoms with van der Waals surface area (Å²) in [6, 6.07) is 10.0. The molecule has 6 heteroatoms. The number of carbonyl (C=O) groups is 1. The summed E-state index contributed by atoms with van der Waals surface area (Å²) in [5, 5.41) is 2.95. The van der Waals surface area contributed by atoms with Crippen molar-refractivity contribution in [1.29, 1.82) is 0 Å². The van der Waals surface area contributed by atoms with E-state index in [0.29, 0.717) is 0 Å². The molecule has 0 aliphatic carbocycles. The molecule has 2 saturated heterocycles. The van der Waals surface area contributed by atoms with E-state index in [1.165, 1.54) is 25.7 Å². The van der Waals surface area contributed by atoms with Gasteiger partial charge in [-0.15, -0.1) is 0 Å². The minimum Gasteiger partial charge on any atom is -0.357 e. The highest BCUT2D eigenvalue weighted by Crippen LogP contribution is 2.29. The highest BCUT2D eigenvalue weighted by molar-refractivity contribution is 5.89. The fourth-order valence-electron chi connectivity index (χ4n) is 4.69. The molecule has 1 N–H and O–H groups in total. The van der Waals surface area contributed by atoms with E-state index in [2.05, 4.69) is 45.3 Å². The summed E-state index contributed by atoms with van der Waals surface area (Å²) in [7, 11) is 0. The Bertz CT molecular complexity index is 811. The number of likely N-dealkylation sites (tertiary alicyclic amines) is 1. The molecule has 0 unspecified atom stereocenters. The van der Waals surface area contributed by atoms with Crippen molar-refractivity contribution in [2.24, 2.45) is 11.8 Å². The molecule has 2 aromatic rings. The summed E-state index contributed by atoms with van der Waals surface area (Å²) in [6.45, 7) is 6.01. The third-order valence-corrected chi connectivity index (χ3v) is 6.61. The second-order valence-electron chi connectivity index (χ2n) is 8.75. The van der Waals surface area contributed by atoms with Crippen LogP contribution in [-0.2, 0) is 0 Å². The molecule has 2 amide bonds. The van der Waals surface area contributed by atoms with Crippen molar-refractivity contribution in [3.8, 4) is 0 Å². The van der Waals surface area contributed by atoms with Crippen LogP contribution >= 0.6 is 0 Å². The van der Waals surface area contributed by atoms with Gasteiger partial charge in [-0.3, -0.25) is 4.98 Å². The summed E-state index contributed by atoms with van der Waals surface area (Å²) in [5.74, 6) is 2.72. The van der Waals surface area contributed by atoms with Gasteiger partial charge in [0.25, 0.3) is 0 Å². The third-order valence-electron chi connectivity index (χ3n) is 6.61. The molecule has 2 aliphatic heterocycles. The predicted molar refractivity (Wildman–Crippen MR) is 121 cm³/mol. The number of anilines is 2. The number of rotatable bonds is 5. The lowest BCUT2D eigenvalue weighted by Gasteiger charge is -2.35. The normalized spacial score (nSPS) is 18.4. The van der Waals surface area contributed by atoms with Crippen LogP contribution in [0.1, 0.15) is 44.2 Å². The molecular weight excluding hydrogens is 374 g/mol. The Kier molecular flexibility index (Phi) is 6.82. The molecule has 0 spiro atoms. The van der Waals surface area contributed by atoms with Gasteiger partial charge in [-0.2, -0.15) is 0 Å². The SMILES string of the molecule is Cc1cccc(N2CCC(CCC3CCN(C(=O)Nc4cccnc4)CC3)CC2)n1. The lowest BCUT2D eigenvalue weighted by molar-refractivity contribution is 0.175. The number of aryl methyl sites for hydroxylation is 1. The zero-order valence-electron chi connectivity index (χ0n) is 18.0. The van der Waals surface area contributed by atoms with E-state index in [1.54, 1.807) is 12.4 Å². The Labute approximate surface area is 179 Å². The van der Waals surface area contributed by atoms with Crippen molar-refractivity contribution in [2.75, 3.05) is 36.4 Å². The van der Waals surface area contributed by atoms with Crippen molar-refractivity contribution in [2.45, 2.75) is 45.4 Å². The molecule has 0 aromatic carbocycles. The molecule has 0 radical (unpaired) electrons. The van der Waals surface area contributed by atoms with Crippen LogP contribution in [0, 0.1) is 18.8 Å². The van der Waals surface area contributed by atoms with E-state index in [0.717, 1.165) is 68.1 Å². The fourth-order valence-corrected chi connectivity index (χ4v) is 4.69. The van der Waals surface area contributed by atoms with Gasteiger partial charge in [0.1, 0.15) is 5.82 Å². The van der Waals surface area contributed by atoms with Crippen LogP contribution in [-0.4, -0.2) is 47.1 Å². The largest absolute Gasteiger partial charge is 0.357 e. The average molecular weight is 408 g/mol. The number of hydrogen-bond acceptors (Lipinski definition) is 4. The molecule has 6 nitrogen and oxygen atoms in total. The van der Waals surface area contributed by atoms with E-state index in [9.17, 15) is 4.79 Å². The van der Waals surface area contributed by atoms with Crippen molar-refractivity contribution < 1.29 is 4.79 Å². The quantitative estimate of drug-likeness (QED) is 0.779. The monoisotopic (exact) mass is 407 g/mol. The maximum absolute atomic E-state index is 12.4. The highest BCUT2D eigenvalue weighted by Gasteiger charge is 2.25. The van der Waals surface area contributed by atoms with Crippen LogP contribution in [0.25, 0.3) is 0 Å². The predicted octanol–water partition coefficient (Wildman–Crippen LogP) is 4.73. The van der Waals surface area contributed by atoms with Gasteiger partial charge in [0.05, 0.1) is 11.9 Å². The minimum atomic E-state index is -0.00131. The Morgan fingerprint density at radius 3 is 2.33 bits per heavy atom.